The molecule has 1 aliphatic rings. The standard InChI is InChI=1S/C51H33N3O/c1-51(45-17-6-2-13-39(45)40-14-3-7-18-46(40)51)34-11-10-12-36(29-34)53(38-25-27-43-42-16-5-9-20-49(42)55-50(43)31-38)37-26-28-48-44(30-37)41-15-4-8-19-47(41)54(48)35-23-21-33(32-52)22-24-35/h2-31H,1H3. The van der Waals surface area contributed by atoms with Gasteiger partial charge in [0.2, 0.25) is 0 Å². The van der Waals surface area contributed by atoms with Crippen molar-refractivity contribution in [3.63, 3.8) is 0 Å². The Morgan fingerprint density at radius 1 is 0.509 bits per heavy atom. The van der Waals surface area contributed by atoms with Crippen molar-refractivity contribution in [2.45, 2.75) is 12.3 Å². The molecule has 4 nitrogen and oxygen atoms in total. The summed E-state index contributed by atoms with van der Waals surface area (Å²) in [7, 11) is 0. The number of hydrogen-bond donors (Lipinski definition) is 0. The molecule has 10 aromatic rings. The van der Waals surface area contributed by atoms with Crippen molar-refractivity contribution in [2.75, 3.05) is 4.90 Å². The average molecular weight is 704 g/mol. The topological polar surface area (TPSA) is 45.1 Å². The number of aromatic nitrogens is 1. The Balaban J connectivity index is 1.14. The van der Waals surface area contributed by atoms with Gasteiger partial charge in [0.1, 0.15) is 11.2 Å². The van der Waals surface area contributed by atoms with Crippen LogP contribution in [0.3, 0.4) is 0 Å². The molecule has 0 fully saturated rings. The highest BCUT2D eigenvalue weighted by atomic mass is 16.3. The van der Waals surface area contributed by atoms with Crippen LogP contribution in [0, 0.1) is 11.3 Å². The number of nitrogens with zero attached hydrogens (tertiary/aromatic N) is 3. The molecular weight excluding hydrogens is 671 g/mol. The van der Waals surface area contributed by atoms with Crippen LogP contribution < -0.4 is 4.90 Å². The molecule has 2 aromatic heterocycles. The number of anilines is 3. The maximum Gasteiger partial charge on any atom is 0.137 e. The number of hydrogen-bond acceptors (Lipinski definition) is 3. The van der Waals surface area contributed by atoms with Crippen molar-refractivity contribution in [1.82, 2.24) is 4.57 Å². The van der Waals surface area contributed by atoms with E-state index >= 15 is 0 Å². The third kappa shape index (κ3) is 4.57. The van der Waals surface area contributed by atoms with Gasteiger partial charge in [0, 0.05) is 55.8 Å². The summed E-state index contributed by atoms with van der Waals surface area (Å²) in [6, 6.07) is 66.9. The van der Waals surface area contributed by atoms with E-state index in [0.29, 0.717) is 5.56 Å². The van der Waals surface area contributed by atoms with E-state index in [4.69, 9.17) is 4.42 Å². The van der Waals surface area contributed by atoms with Gasteiger partial charge in [0.25, 0.3) is 0 Å². The fraction of sp³-hybridized carbons (Fsp3) is 0.0392. The lowest BCUT2D eigenvalue weighted by Gasteiger charge is -2.31. The van der Waals surface area contributed by atoms with Crippen LogP contribution in [0.1, 0.15) is 29.2 Å². The van der Waals surface area contributed by atoms with E-state index in [9.17, 15) is 5.26 Å². The molecule has 2 heterocycles. The third-order valence-corrected chi connectivity index (χ3v) is 11.7. The second kappa shape index (κ2) is 11.8. The second-order valence-corrected chi connectivity index (χ2v) is 14.6. The molecule has 0 bridgehead atoms. The lowest BCUT2D eigenvalue weighted by Crippen LogP contribution is -2.23. The fourth-order valence-electron chi connectivity index (χ4n) is 9.08. The summed E-state index contributed by atoms with van der Waals surface area (Å²) in [4.78, 5) is 2.36. The maximum absolute atomic E-state index is 9.48. The minimum Gasteiger partial charge on any atom is -0.456 e. The van der Waals surface area contributed by atoms with E-state index < -0.39 is 0 Å². The summed E-state index contributed by atoms with van der Waals surface area (Å²) in [5, 5.41) is 14.0. The van der Waals surface area contributed by atoms with Gasteiger partial charge in [-0.1, -0.05) is 97.1 Å². The van der Waals surface area contributed by atoms with Gasteiger partial charge in [-0.15, -0.1) is 0 Å². The summed E-state index contributed by atoms with van der Waals surface area (Å²) >= 11 is 0. The van der Waals surface area contributed by atoms with Crippen LogP contribution in [0.5, 0.6) is 0 Å². The molecule has 0 N–H and O–H groups in total. The highest BCUT2D eigenvalue weighted by molar-refractivity contribution is 6.11. The summed E-state index contributed by atoms with van der Waals surface area (Å²) in [6.45, 7) is 2.37. The SMILES string of the molecule is CC1(c2cccc(N(c3ccc4c(c3)oc3ccccc34)c3ccc4c(c3)c3ccccc3n4-c3ccc(C#N)cc3)c2)c2ccccc2-c2ccccc21. The number of nitriles is 1. The highest BCUT2D eigenvalue weighted by Crippen LogP contribution is 2.53. The minimum atomic E-state index is -0.337. The number of furan rings is 1. The highest BCUT2D eigenvalue weighted by Gasteiger charge is 2.40. The molecule has 0 aliphatic heterocycles. The predicted octanol–water partition coefficient (Wildman–Crippen LogP) is 13.4. The molecule has 0 unspecified atom stereocenters. The van der Waals surface area contributed by atoms with Crippen molar-refractivity contribution in [3.05, 3.63) is 204 Å². The van der Waals surface area contributed by atoms with E-state index in [0.717, 1.165) is 66.5 Å². The molecule has 8 aromatic carbocycles. The van der Waals surface area contributed by atoms with E-state index in [1.54, 1.807) is 0 Å². The van der Waals surface area contributed by atoms with Gasteiger partial charge in [-0.3, -0.25) is 0 Å². The first kappa shape index (κ1) is 31.2. The van der Waals surface area contributed by atoms with Gasteiger partial charge in [0.15, 0.2) is 0 Å². The average Bonchev–Trinajstić information content (AvgIpc) is 3.87. The first-order valence-electron chi connectivity index (χ1n) is 18.7. The second-order valence-electron chi connectivity index (χ2n) is 14.6. The van der Waals surface area contributed by atoms with Crippen LogP contribution in [0.2, 0.25) is 0 Å². The zero-order valence-corrected chi connectivity index (χ0v) is 30.1. The van der Waals surface area contributed by atoms with Gasteiger partial charge >= 0.3 is 0 Å². The van der Waals surface area contributed by atoms with Gasteiger partial charge in [0.05, 0.1) is 22.7 Å². The van der Waals surface area contributed by atoms with Crippen LogP contribution >= 0.6 is 0 Å². The fourth-order valence-corrected chi connectivity index (χ4v) is 9.08. The molecule has 0 spiro atoms. The third-order valence-electron chi connectivity index (χ3n) is 11.7. The zero-order chi connectivity index (χ0) is 36.7. The van der Waals surface area contributed by atoms with Crippen LogP contribution in [-0.4, -0.2) is 4.57 Å². The normalized spacial score (nSPS) is 12.9. The van der Waals surface area contributed by atoms with Gasteiger partial charge in [-0.25, -0.2) is 0 Å². The largest absolute Gasteiger partial charge is 0.456 e. The number of fused-ring (bicyclic) bond motifs is 9. The van der Waals surface area contributed by atoms with Gasteiger partial charge in [-0.05, 0) is 114 Å². The van der Waals surface area contributed by atoms with Gasteiger partial charge < -0.3 is 13.9 Å². The molecule has 1 aliphatic carbocycles. The van der Waals surface area contributed by atoms with Crippen molar-refractivity contribution in [1.29, 1.82) is 5.26 Å². The van der Waals surface area contributed by atoms with Crippen molar-refractivity contribution in [2.24, 2.45) is 0 Å². The van der Waals surface area contributed by atoms with Crippen LogP contribution in [0.4, 0.5) is 17.1 Å². The smallest absolute Gasteiger partial charge is 0.137 e. The number of rotatable bonds is 5. The Bertz CT molecular complexity index is 3150. The van der Waals surface area contributed by atoms with Crippen LogP contribution in [0.15, 0.2) is 186 Å². The molecule has 11 rings (SSSR count). The quantitative estimate of drug-likeness (QED) is 0.179. The lowest BCUT2D eigenvalue weighted by molar-refractivity contribution is 0.669. The number of para-hydroxylation sites is 2. The van der Waals surface area contributed by atoms with Crippen molar-refractivity contribution in [3.8, 4) is 22.9 Å². The Morgan fingerprint density at radius 3 is 1.91 bits per heavy atom. The summed E-state index contributed by atoms with van der Waals surface area (Å²) in [6.07, 6.45) is 0. The van der Waals surface area contributed by atoms with E-state index in [2.05, 4.69) is 168 Å². The predicted molar refractivity (Wildman–Crippen MR) is 225 cm³/mol. The molecule has 258 valence electrons. The molecular formula is C51H33N3O. The monoisotopic (exact) mass is 703 g/mol. The molecule has 0 amide bonds. The Hall–Kier alpha value is -7.35. The lowest BCUT2D eigenvalue weighted by atomic mass is 9.74. The maximum atomic E-state index is 9.48. The minimum absolute atomic E-state index is 0.337. The summed E-state index contributed by atoms with van der Waals surface area (Å²) in [5.41, 5.74) is 14.8. The van der Waals surface area contributed by atoms with Crippen LogP contribution in [0.25, 0.3) is 60.6 Å². The first-order chi connectivity index (χ1) is 27.1. The molecule has 0 saturated carbocycles. The first-order valence-corrected chi connectivity index (χ1v) is 18.7. The van der Waals surface area contributed by atoms with E-state index in [1.807, 2.05) is 36.4 Å². The van der Waals surface area contributed by atoms with E-state index in [1.165, 1.54) is 27.8 Å². The van der Waals surface area contributed by atoms with Crippen molar-refractivity contribution >= 4 is 60.8 Å². The molecule has 55 heavy (non-hydrogen) atoms. The van der Waals surface area contributed by atoms with Crippen LogP contribution in [-0.2, 0) is 5.41 Å². The number of benzene rings is 8. The van der Waals surface area contributed by atoms with E-state index in [-0.39, 0.29) is 5.41 Å². The Kier molecular flexibility index (Phi) is 6.71. The zero-order valence-electron chi connectivity index (χ0n) is 30.1. The molecule has 0 saturated heterocycles. The summed E-state index contributed by atoms with van der Waals surface area (Å²) in [5.74, 6) is 0. The molecule has 0 radical (unpaired) electrons. The summed E-state index contributed by atoms with van der Waals surface area (Å²) < 4.78 is 8.75. The molecule has 4 heteroatoms. The molecule has 0 atom stereocenters. The van der Waals surface area contributed by atoms with Gasteiger partial charge in [-0.2, -0.15) is 5.26 Å². The van der Waals surface area contributed by atoms with Crippen molar-refractivity contribution < 1.29 is 4.42 Å². The Labute approximate surface area is 318 Å². The Morgan fingerprint density at radius 2 is 1.13 bits per heavy atom.